The van der Waals surface area contributed by atoms with E-state index < -0.39 is 42.2 Å². The number of nitrogens with one attached hydrogen (secondary N) is 2. The highest BCUT2D eigenvalue weighted by atomic mass is 16.6. The van der Waals surface area contributed by atoms with Gasteiger partial charge < -0.3 is 40.2 Å². The van der Waals surface area contributed by atoms with Gasteiger partial charge in [0.2, 0.25) is 0 Å². The zero-order valence-corrected chi connectivity index (χ0v) is 23.9. The molecule has 44 heavy (non-hydrogen) atoms. The maximum atomic E-state index is 12.8. The number of benzene rings is 2. The number of fused-ring (bicyclic) bond motifs is 1. The van der Waals surface area contributed by atoms with Crippen molar-refractivity contribution in [2.24, 2.45) is 0 Å². The Bertz CT molecular complexity index is 1740. The summed E-state index contributed by atoms with van der Waals surface area (Å²) in [7, 11) is 0. The van der Waals surface area contributed by atoms with E-state index in [-0.39, 0.29) is 35.4 Å². The minimum absolute atomic E-state index is 0.0244. The van der Waals surface area contributed by atoms with E-state index in [2.05, 4.69) is 21.4 Å². The molecular weight excluding hydrogens is 570 g/mol. The predicted molar refractivity (Wildman–Crippen MR) is 159 cm³/mol. The van der Waals surface area contributed by atoms with Crippen LogP contribution in [-0.2, 0) is 16.1 Å². The molecule has 1 saturated heterocycles. The van der Waals surface area contributed by atoms with Gasteiger partial charge in [0.05, 0.1) is 19.5 Å². The number of H-pyrrole nitrogens is 1. The lowest BCUT2D eigenvalue weighted by atomic mass is 9.96. The zero-order valence-electron chi connectivity index (χ0n) is 23.9. The third-order valence-corrected chi connectivity index (χ3v) is 7.70. The summed E-state index contributed by atoms with van der Waals surface area (Å²) in [5.74, 6) is -0.146. The van der Waals surface area contributed by atoms with Gasteiger partial charge in [-0.25, -0.2) is 4.98 Å². The SMILES string of the molecule is CC1(O)C(O)C(CO)OC1n1c(NCc2ccc(-c3ccccc3)c(OCCCCC(=O)O)c2)c(C#N)c2c(=O)[nH]cnc21. The van der Waals surface area contributed by atoms with Crippen molar-refractivity contribution in [3.8, 4) is 22.9 Å². The third-order valence-electron chi connectivity index (χ3n) is 7.70. The first-order valence-corrected chi connectivity index (χ1v) is 14.1. The number of hydrogen-bond donors (Lipinski definition) is 6. The van der Waals surface area contributed by atoms with Crippen molar-refractivity contribution in [2.75, 3.05) is 18.5 Å². The van der Waals surface area contributed by atoms with Gasteiger partial charge in [0, 0.05) is 18.5 Å². The summed E-state index contributed by atoms with van der Waals surface area (Å²) in [6, 6.07) is 17.3. The van der Waals surface area contributed by atoms with Gasteiger partial charge in [0.1, 0.15) is 46.4 Å². The van der Waals surface area contributed by atoms with E-state index in [0.717, 1.165) is 23.0 Å². The Morgan fingerprint density at radius 1 is 1.25 bits per heavy atom. The van der Waals surface area contributed by atoms with Gasteiger partial charge in [0.25, 0.3) is 5.56 Å². The van der Waals surface area contributed by atoms with Gasteiger partial charge in [0.15, 0.2) is 11.9 Å². The Morgan fingerprint density at radius 2 is 2.02 bits per heavy atom. The molecule has 1 fully saturated rings. The standard InChI is InChI=1S/C31H33N5O8/c1-31(42)26(40)23(16-37)44-30(31)36-27(21(14-32)25-28(36)34-17-35-29(25)41)33-15-18-10-11-20(19-7-3-2-4-8-19)22(13-18)43-12-6-5-9-24(38)39/h2-4,7-8,10-11,13,17,23,26,30,33,37,40,42H,5-6,9,12,15-16H2,1H3,(H,38,39)(H,34,35,41). The van der Waals surface area contributed by atoms with Crippen LogP contribution in [0.4, 0.5) is 5.82 Å². The molecule has 0 spiro atoms. The van der Waals surface area contributed by atoms with E-state index >= 15 is 0 Å². The molecular formula is C31H33N5O8. The first kappa shape index (κ1) is 30.7. The number of hydrogen-bond acceptors (Lipinski definition) is 10. The fourth-order valence-corrected chi connectivity index (χ4v) is 5.42. The number of unbranched alkanes of at least 4 members (excludes halogenated alkanes) is 1. The number of nitrogens with zero attached hydrogens (tertiary/aromatic N) is 3. The largest absolute Gasteiger partial charge is 0.493 e. The molecule has 4 atom stereocenters. The number of anilines is 1. The van der Waals surface area contributed by atoms with E-state index in [1.807, 2.05) is 48.5 Å². The van der Waals surface area contributed by atoms with Crippen LogP contribution in [0.3, 0.4) is 0 Å². The van der Waals surface area contributed by atoms with Gasteiger partial charge in [-0.15, -0.1) is 0 Å². The smallest absolute Gasteiger partial charge is 0.303 e. The molecule has 6 N–H and O–H groups in total. The summed E-state index contributed by atoms with van der Waals surface area (Å²) in [5.41, 5.74) is 0.0551. The number of aliphatic hydroxyl groups is 3. The zero-order chi connectivity index (χ0) is 31.4. The van der Waals surface area contributed by atoms with Gasteiger partial charge >= 0.3 is 5.97 Å². The summed E-state index contributed by atoms with van der Waals surface area (Å²) in [4.78, 5) is 30.4. The fourth-order valence-electron chi connectivity index (χ4n) is 5.42. The second-order valence-electron chi connectivity index (χ2n) is 10.8. The second kappa shape index (κ2) is 12.9. The van der Waals surface area contributed by atoms with Crippen LogP contribution in [0, 0.1) is 11.3 Å². The van der Waals surface area contributed by atoms with Crippen molar-refractivity contribution < 1.29 is 34.7 Å². The Kier molecular flexibility index (Phi) is 8.98. The minimum atomic E-state index is -1.91. The lowest BCUT2D eigenvalue weighted by Crippen LogP contribution is -2.44. The van der Waals surface area contributed by atoms with Gasteiger partial charge in [-0.2, -0.15) is 5.26 Å². The molecule has 13 nitrogen and oxygen atoms in total. The number of ether oxygens (including phenoxy) is 2. The molecule has 230 valence electrons. The lowest BCUT2D eigenvalue weighted by Gasteiger charge is -2.29. The van der Waals surface area contributed by atoms with Crippen LogP contribution in [0.1, 0.15) is 43.5 Å². The molecule has 0 bridgehead atoms. The van der Waals surface area contributed by atoms with Crippen LogP contribution in [0.15, 0.2) is 59.7 Å². The number of rotatable bonds is 12. The third kappa shape index (κ3) is 5.88. The van der Waals surface area contributed by atoms with Crippen LogP contribution >= 0.6 is 0 Å². The molecule has 1 aliphatic rings. The Labute approximate surface area is 251 Å². The highest BCUT2D eigenvalue weighted by Crippen LogP contribution is 2.43. The summed E-state index contributed by atoms with van der Waals surface area (Å²) >= 11 is 0. The predicted octanol–water partition coefficient (Wildman–Crippen LogP) is 2.51. The monoisotopic (exact) mass is 603 g/mol. The van der Waals surface area contributed by atoms with Crippen molar-refractivity contribution in [3.63, 3.8) is 0 Å². The van der Waals surface area contributed by atoms with E-state index in [9.17, 15) is 30.2 Å². The first-order chi connectivity index (χ1) is 21.2. The molecule has 5 rings (SSSR count). The van der Waals surface area contributed by atoms with Crippen molar-refractivity contribution in [2.45, 2.75) is 56.8 Å². The number of carbonyl (C=O) groups is 1. The number of carboxylic acids is 1. The molecule has 2 aromatic carbocycles. The van der Waals surface area contributed by atoms with Crippen LogP contribution in [-0.4, -0.2) is 72.0 Å². The number of aromatic amines is 1. The summed E-state index contributed by atoms with van der Waals surface area (Å²) in [6.07, 6.45) is -1.63. The quantitative estimate of drug-likeness (QED) is 0.130. The van der Waals surface area contributed by atoms with Crippen LogP contribution in [0.2, 0.25) is 0 Å². The van der Waals surface area contributed by atoms with Crippen molar-refractivity contribution in [1.29, 1.82) is 5.26 Å². The van der Waals surface area contributed by atoms with E-state index in [1.165, 1.54) is 11.5 Å². The number of carboxylic acid groups (broad SMARTS) is 1. The van der Waals surface area contributed by atoms with Gasteiger partial charge in [-0.3, -0.25) is 14.2 Å². The van der Waals surface area contributed by atoms with Crippen LogP contribution in [0.5, 0.6) is 5.75 Å². The molecule has 1 aliphatic heterocycles. The molecule has 0 amide bonds. The molecule has 13 heteroatoms. The summed E-state index contributed by atoms with van der Waals surface area (Å²) in [5, 5.41) is 53.8. The maximum Gasteiger partial charge on any atom is 0.303 e. The van der Waals surface area contributed by atoms with Crippen LogP contribution in [0.25, 0.3) is 22.2 Å². The Balaban J connectivity index is 1.50. The first-order valence-electron chi connectivity index (χ1n) is 14.1. The average molecular weight is 604 g/mol. The highest BCUT2D eigenvalue weighted by molar-refractivity contribution is 5.89. The maximum absolute atomic E-state index is 12.8. The number of aliphatic carboxylic acids is 1. The molecule has 0 saturated carbocycles. The second-order valence-corrected chi connectivity index (χ2v) is 10.8. The number of aromatic nitrogens is 3. The molecule has 2 aromatic heterocycles. The Morgan fingerprint density at radius 3 is 2.70 bits per heavy atom. The normalized spacial score (nSPS) is 21.3. The highest BCUT2D eigenvalue weighted by Gasteiger charge is 2.54. The number of nitriles is 1. The molecule has 4 aromatic rings. The van der Waals surface area contributed by atoms with E-state index in [4.69, 9.17) is 14.6 Å². The molecule has 3 heterocycles. The van der Waals surface area contributed by atoms with E-state index in [0.29, 0.717) is 25.2 Å². The van der Waals surface area contributed by atoms with Gasteiger partial charge in [-0.1, -0.05) is 42.5 Å². The van der Waals surface area contributed by atoms with Crippen LogP contribution < -0.4 is 15.6 Å². The summed E-state index contributed by atoms with van der Waals surface area (Å²) in [6.45, 7) is 1.23. The Hall–Kier alpha value is -4.74. The van der Waals surface area contributed by atoms with Crippen molar-refractivity contribution in [3.05, 3.63) is 76.3 Å². The topological polar surface area (TPSA) is 203 Å². The average Bonchev–Trinajstić information content (AvgIpc) is 3.45. The molecule has 0 aliphatic carbocycles. The lowest BCUT2D eigenvalue weighted by molar-refractivity contribution is -0.137. The number of aliphatic hydroxyl groups excluding tert-OH is 2. The summed E-state index contributed by atoms with van der Waals surface area (Å²) < 4.78 is 13.3. The van der Waals surface area contributed by atoms with E-state index in [1.54, 1.807) is 0 Å². The minimum Gasteiger partial charge on any atom is -0.493 e. The fraction of sp³-hybridized carbons (Fsp3) is 0.355. The van der Waals surface area contributed by atoms with Gasteiger partial charge in [-0.05, 0) is 37.0 Å². The molecule has 0 radical (unpaired) electrons. The van der Waals surface area contributed by atoms with Crippen molar-refractivity contribution in [1.82, 2.24) is 14.5 Å². The molecule has 4 unspecified atom stereocenters. The van der Waals surface area contributed by atoms with Crippen molar-refractivity contribution >= 4 is 22.8 Å².